The van der Waals surface area contributed by atoms with Crippen LogP contribution in [0.5, 0.6) is 0 Å². The Hall–Kier alpha value is -2.14. The Kier molecular flexibility index (Phi) is 3.05. The minimum atomic E-state index is -0.315. The topological polar surface area (TPSA) is 55.0 Å². The van der Waals surface area contributed by atoms with Gasteiger partial charge in [0, 0.05) is 23.3 Å². The molecule has 0 fully saturated rings. The number of carbonyl (C=O) groups is 1. The second kappa shape index (κ2) is 4.85. The number of nitrogens with one attached hydrogen (secondary N) is 1. The average Bonchev–Trinajstić information content (AvgIpc) is 3.06. The minimum absolute atomic E-state index is 0.315. The predicted molar refractivity (Wildman–Crippen MR) is 75.4 cm³/mol. The smallest absolute Gasteiger partial charge is 0.341 e. The lowest BCUT2D eigenvalue weighted by Crippen LogP contribution is -2.05. The average molecular weight is 272 g/mol. The van der Waals surface area contributed by atoms with Crippen molar-refractivity contribution in [3.63, 3.8) is 0 Å². The summed E-state index contributed by atoms with van der Waals surface area (Å²) in [6, 6.07) is 5.79. The first kappa shape index (κ1) is 11.9. The molecule has 0 aliphatic heterocycles. The molecule has 96 valence electrons. The standard InChI is InChI=1S/C14H12N2O2S/c1-2-18-14(17)12-9-8-15-6-5-10(9)16-13(12)11-4-3-7-19-11/h3-8,16H,2H2,1H3. The molecule has 3 rings (SSSR count). The lowest BCUT2D eigenvalue weighted by molar-refractivity contribution is 0.0529. The van der Waals surface area contributed by atoms with Crippen molar-refractivity contribution in [2.75, 3.05) is 6.61 Å². The van der Waals surface area contributed by atoms with Crippen LogP contribution < -0.4 is 0 Å². The molecule has 3 heterocycles. The Balaban J connectivity index is 2.25. The molecule has 19 heavy (non-hydrogen) atoms. The van der Waals surface area contributed by atoms with Crippen LogP contribution in [0.1, 0.15) is 17.3 Å². The molecule has 0 saturated carbocycles. The molecule has 0 radical (unpaired) electrons. The zero-order valence-corrected chi connectivity index (χ0v) is 11.2. The molecule has 0 bridgehead atoms. The fourth-order valence-electron chi connectivity index (χ4n) is 2.06. The Labute approximate surface area is 114 Å². The molecule has 0 atom stereocenters. The van der Waals surface area contributed by atoms with Crippen LogP contribution >= 0.6 is 11.3 Å². The molecule has 5 heteroatoms. The molecule has 0 unspecified atom stereocenters. The molecule has 0 aliphatic carbocycles. The summed E-state index contributed by atoms with van der Waals surface area (Å²) >= 11 is 1.58. The number of hydrogen-bond donors (Lipinski definition) is 1. The number of nitrogens with zero attached hydrogens (tertiary/aromatic N) is 1. The van der Waals surface area contributed by atoms with E-state index in [1.165, 1.54) is 0 Å². The molecular formula is C14H12N2O2S. The highest BCUT2D eigenvalue weighted by Gasteiger charge is 2.21. The number of thiophene rings is 1. The van der Waals surface area contributed by atoms with Crippen LogP contribution in [0.4, 0.5) is 0 Å². The van der Waals surface area contributed by atoms with E-state index in [2.05, 4.69) is 9.97 Å². The van der Waals surface area contributed by atoms with Gasteiger partial charge in [0.2, 0.25) is 0 Å². The molecular weight excluding hydrogens is 260 g/mol. The molecule has 0 aromatic carbocycles. The van der Waals surface area contributed by atoms with Crippen molar-refractivity contribution in [3.8, 4) is 10.6 Å². The minimum Gasteiger partial charge on any atom is -0.462 e. The van der Waals surface area contributed by atoms with E-state index in [4.69, 9.17) is 4.74 Å². The third kappa shape index (κ3) is 2.02. The highest BCUT2D eigenvalue weighted by molar-refractivity contribution is 7.13. The number of esters is 1. The molecule has 3 aromatic rings. The number of H-pyrrole nitrogens is 1. The number of aromatic amines is 1. The lowest BCUT2D eigenvalue weighted by atomic mass is 10.1. The number of fused-ring (bicyclic) bond motifs is 1. The van der Waals surface area contributed by atoms with Gasteiger partial charge in [0.1, 0.15) is 0 Å². The fourth-order valence-corrected chi connectivity index (χ4v) is 2.79. The van der Waals surface area contributed by atoms with Crippen LogP contribution in [0.3, 0.4) is 0 Å². The molecule has 0 amide bonds. The monoisotopic (exact) mass is 272 g/mol. The van der Waals surface area contributed by atoms with Gasteiger partial charge < -0.3 is 9.72 Å². The highest BCUT2D eigenvalue weighted by atomic mass is 32.1. The molecule has 0 spiro atoms. The Bertz CT molecular complexity index is 716. The molecule has 4 nitrogen and oxygen atoms in total. The van der Waals surface area contributed by atoms with Gasteiger partial charge >= 0.3 is 5.97 Å². The van der Waals surface area contributed by atoms with Crippen molar-refractivity contribution in [1.29, 1.82) is 0 Å². The Morgan fingerprint density at radius 3 is 3.11 bits per heavy atom. The van der Waals surface area contributed by atoms with Gasteiger partial charge in [0.05, 0.1) is 22.7 Å². The third-order valence-corrected chi connectivity index (χ3v) is 3.73. The van der Waals surface area contributed by atoms with Gasteiger partial charge in [0.25, 0.3) is 0 Å². The summed E-state index contributed by atoms with van der Waals surface area (Å²) < 4.78 is 5.15. The number of pyridine rings is 1. The summed E-state index contributed by atoms with van der Waals surface area (Å²) in [6.45, 7) is 2.16. The van der Waals surface area contributed by atoms with Crippen molar-refractivity contribution in [3.05, 3.63) is 41.5 Å². The fraction of sp³-hybridized carbons (Fsp3) is 0.143. The van der Waals surface area contributed by atoms with Crippen LogP contribution in [-0.2, 0) is 4.74 Å². The first-order valence-electron chi connectivity index (χ1n) is 5.98. The number of hydrogen-bond acceptors (Lipinski definition) is 4. The number of carbonyl (C=O) groups excluding carboxylic acids is 1. The summed E-state index contributed by atoms with van der Waals surface area (Å²) in [5.74, 6) is -0.315. The summed E-state index contributed by atoms with van der Waals surface area (Å²) in [5, 5.41) is 2.78. The van der Waals surface area contributed by atoms with Crippen molar-refractivity contribution in [2.45, 2.75) is 6.92 Å². The van der Waals surface area contributed by atoms with E-state index >= 15 is 0 Å². The van der Waals surface area contributed by atoms with Gasteiger partial charge in [-0.1, -0.05) is 6.07 Å². The first-order valence-corrected chi connectivity index (χ1v) is 6.86. The van der Waals surface area contributed by atoms with Crippen molar-refractivity contribution < 1.29 is 9.53 Å². The van der Waals surface area contributed by atoms with Gasteiger partial charge in [0.15, 0.2) is 0 Å². The largest absolute Gasteiger partial charge is 0.462 e. The van der Waals surface area contributed by atoms with E-state index in [0.717, 1.165) is 21.5 Å². The number of rotatable bonds is 3. The quantitative estimate of drug-likeness (QED) is 0.743. The summed E-state index contributed by atoms with van der Waals surface area (Å²) in [4.78, 5) is 20.5. The van der Waals surface area contributed by atoms with Crippen molar-refractivity contribution >= 4 is 28.2 Å². The van der Waals surface area contributed by atoms with Crippen LogP contribution in [0.25, 0.3) is 21.5 Å². The zero-order valence-electron chi connectivity index (χ0n) is 10.3. The zero-order chi connectivity index (χ0) is 13.2. The SMILES string of the molecule is CCOC(=O)c1c(-c2cccs2)[nH]c2ccncc12. The molecule has 3 aromatic heterocycles. The van der Waals surface area contributed by atoms with Gasteiger partial charge in [-0.25, -0.2) is 4.79 Å². The number of aromatic nitrogens is 2. The van der Waals surface area contributed by atoms with Crippen molar-refractivity contribution in [1.82, 2.24) is 9.97 Å². The summed E-state index contributed by atoms with van der Waals surface area (Å²) in [5.41, 5.74) is 2.25. The third-order valence-electron chi connectivity index (χ3n) is 2.85. The Morgan fingerprint density at radius 1 is 1.47 bits per heavy atom. The summed E-state index contributed by atoms with van der Waals surface area (Å²) in [6.07, 6.45) is 3.39. The second-order valence-electron chi connectivity index (χ2n) is 3.99. The van der Waals surface area contributed by atoms with Crippen LogP contribution in [0.15, 0.2) is 36.0 Å². The van der Waals surface area contributed by atoms with Gasteiger partial charge in [-0.15, -0.1) is 11.3 Å². The summed E-state index contributed by atoms with van der Waals surface area (Å²) in [7, 11) is 0. The van der Waals surface area contributed by atoms with Gasteiger partial charge in [-0.3, -0.25) is 4.98 Å². The van der Waals surface area contributed by atoms with Crippen LogP contribution in [0, 0.1) is 0 Å². The molecule has 0 saturated heterocycles. The van der Waals surface area contributed by atoms with E-state index in [1.807, 2.05) is 23.6 Å². The van der Waals surface area contributed by atoms with E-state index < -0.39 is 0 Å². The van der Waals surface area contributed by atoms with E-state index in [1.54, 1.807) is 30.7 Å². The molecule has 0 aliphatic rings. The second-order valence-corrected chi connectivity index (χ2v) is 4.94. The van der Waals surface area contributed by atoms with Gasteiger partial charge in [-0.05, 0) is 24.4 Å². The lowest BCUT2D eigenvalue weighted by Gasteiger charge is -2.02. The van der Waals surface area contributed by atoms with Crippen LogP contribution in [0.2, 0.25) is 0 Å². The van der Waals surface area contributed by atoms with Gasteiger partial charge in [-0.2, -0.15) is 0 Å². The maximum Gasteiger partial charge on any atom is 0.341 e. The maximum atomic E-state index is 12.2. The van der Waals surface area contributed by atoms with E-state index in [-0.39, 0.29) is 5.97 Å². The van der Waals surface area contributed by atoms with E-state index in [9.17, 15) is 4.79 Å². The number of ether oxygens (including phenoxy) is 1. The highest BCUT2D eigenvalue weighted by Crippen LogP contribution is 2.32. The van der Waals surface area contributed by atoms with Crippen molar-refractivity contribution in [2.24, 2.45) is 0 Å². The van der Waals surface area contributed by atoms with E-state index in [0.29, 0.717) is 12.2 Å². The Morgan fingerprint density at radius 2 is 2.37 bits per heavy atom. The predicted octanol–water partition coefficient (Wildman–Crippen LogP) is 3.47. The van der Waals surface area contributed by atoms with Crippen LogP contribution in [-0.4, -0.2) is 22.5 Å². The first-order chi connectivity index (χ1) is 9.31. The maximum absolute atomic E-state index is 12.2. The molecule has 1 N–H and O–H groups in total. The normalized spacial score (nSPS) is 10.8.